The number of H-pyrrole nitrogens is 1. The van der Waals surface area contributed by atoms with Gasteiger partial charge in [0.2, 0.25) is 0 Å². The van der Waals surface area contributed by atoms with Crippen molar-refractivity contribution in [2.45, 2.75) is 33.7 Å². The fourth-order valence-electron chi connectivity index (χ4n) is 3.49. The van der Waals surface area contributed by atoms with E-state index < -0.39 is 0 Å². The van der Waals surface area contributed by atoms with Crippen molar-refractivity contribution in [2.24, 2.45) is 0 Å². The molecule has 0 saturated carbocycles. The summed E-state index contributed by atoms with van der Waals surface area (Å²) >= 11 is 0. The average Bonchev–Trinajstić information content (AvgIpc) is 2.93. The van der Waals surface area contributed by atoms with E-state index in [0.717, 1.165) is 16.8 Å². The summed E-state index contributed by atoms with van der Waals surface area (Å²) in [5, 5.41) is 5.68. The molecule has 1 heterocycles. The van der Waals surface area contributed by atoms with Crippen LogP contribution in [0.5, 0.6) is 0 Å². The number of ketones is 2. The summed E-state index contributed by atoms with van der Waals surface area (Å²) in [7, 11) is 0. The monoisotopic (exact) mass is 348 g/mol. The Labute approximate surface area is 153 Å². The molecule has 3 rings (SSSR count). The number of aromatic amines is 1. The Morgan fingerprint density at radius 3 is 2.42 bits per heavy atom. The maximum atomic E-state index is 12.6. The van der Waals surface area contributed by atoms with E-state index in [1.807, 2.05) is 32.9 Å². The van der Waals surface area contributed by atoms with Crippen molar-refractivity contribution in [2.75, 3.05) is 6.54 Å². The number of aryl methyl sites for hydroxylation is 1. The summed E-state index contributed by atoms with van der Waals surface area (Å²) in [4.78, 5) is 27.4. The molecule has 0 aliphatic heterocycles. The molecule has 0 bridgehead atoms. The second-order valence-corrected chi connectivity index (χ2v) is 6.81. The van der Waals surface area contributed by atoms with Crippen molar-refractivity contribution >= 4 is 22.3 Å². The van der Waals surface area contributed by atoms with Crippen molar-refractivity contribution < 1.29 is 9.59 Å². The highest BCUT2D eigenvalue weighted by atomic mass is 16.1. The van der Waals surface area contributed by atoms with Crippen LogP contribution in [0.15, 0.2) is 42.5 Å². The zero-order valence-electron chi connectivity index (χ0n) is 15.6. The van der Waals surface area contributed by atoms with Crippen LogP contribution in [0.3, 0.4) is 0 Å². The van der Waals surface area contributed by atoms with Gasteiger partial charge in [-0.1, -0.05) is 36.4 Å². The largest absolute Gasteiger partial charge is 0.355 e. The van der Waals surface area contributed by atoms with Gasteiger partial charge in [-0.05, 0) is 55.7 Å². The third-order valence-corrected chi connectivity index (χ3v) is 4.91. The van der Waals surface area contributed by atoms with Gasteiger partial charge in [-0.3, -0.25) is 9.59 Å². The maximum Gasteiger partial charge on any atom is 0.193 e. The number of hydrogen-bond donors (Lipinski definition) is 2. The van der Waals surface area contributed by atoms with Crippen LogP contribution >= 0.6 is 0 Å². The maximum absolute atomic E-state index is 12.6. The summed E-state index contributed by atoms with van der Waals surface area (Å²) < 4.78 is 0. The van der Waals surface area contributed by atoms with Crippen LogP contribution < -0.4 is 5.32 Å². The Hall–Kier alpha value is -2.72. The molecule has 1 atom stereocenters. The third-order valence-electron chi connectivity index (χ3n) is 4.91. The van der Waals surface area contributed by atoms with Crippen LogP contribution in [0, 0.1) is 13.8 Å². The predicted molar refractivity (Wildman–Crippen MR) is 105 cm³/mol. The number of rotatable bonds is 6. The van der Waals surface area contributed by atoms with Gasteiger partial charge in [0.25, 0.3) is 0 Å². The molecule has 0 unspecified atom stereocenters. The molecule has 4 nitrogen and oxygen atoms in total. The lowest BCUT2D eigenvalue weighted by Gasteiger charge is -2.14. The molecular weight excluding hydrogens is 324 g/mol. The summed E-state index contributed by atoms with van der Waals surface area (Å²) in [5.41, 5.74) is 3.77. The van der Waals surface area contributed by atoms with Crippen LogP contribution in [0.4, 0.5) is 0 Å². The van der Waals surface area contributed by atoms with Gasteiger partial charge in [-0.25, -0.2) is 0 Å². The number of hydrogen-bond acceptors (Lipinski definition) is 3. The number of carbonyl (C=O) groups is 2. The molecule has 0 aliphatic carbocycles. The second-order valence-electron chi connectivity index (χ2n) is 6.81. The van der Waals surface area contributed by atoms with E-state index in [1.54, 1.807) is 0 Å². The number of fused-ring (bicyclic) bond motifs is 1. The van der Waals surface area contributed by atoms with E-state index in [4.69, 9.17) is 0 Å². The minimum atomic E-state index is -0.0364. The zero-order chi connectivity index (χ0) is 18.8. The molecule has 26 heavy (non-hydrogen) atoms. The standard InChI is InChI=1S/C22H24N2O2/c1-13-21(16(4)25)15(3)24-22(13)20(26)12-23-14(2)18-10-9-17-7-5-6-8-19(17)11-18/h5-11,14,23-24H,12H2,1-4H3/t14-/m1/s1. The molecule has 134 valence electrons. The summed E-state index contributed by atoms with van der Waals surface area (Å²) in [6.07, 6.45) is 0. The van der Waals surface area contributed by atoms with Crippen molar-refractivity contribution in [1.29, 1.82) is 0 Å². The second kappa shape index (κ2) is 7.26. The lowest BCUT2D eigenvalue weighted by Crippen LogP contribution is -2.26. The zero-order valence-corrected chi connectivity index (χ0v) is 15.6. The van der Waals surface area contributed by atoms with Crippen LogP contribution in [0.1, 0.15) is 57.6 Å². The number of aromatic nitrogens is 1. The first-order valence-corrected chi connectivity index (χ1v) is 8.84. The minimum absolute atomic E-state index is 0.0206. The Morgan fingerprint density at radius 1 is 1.08 bits per heavy atom. The molecule has 3 aromatic rings. The van der Waals surface area contributed by atoms with E-state index in [9.17, 15) is 9.59 Å². The SMILES string of the molecule is CC(=O)c1c(C)[nH]c(C(=O)CN[C@H](C)c2ccc3ccccc3c2)c1C. The molecule has 4 heteroatoms. The van der Waals surface area contributed by atoms with Gasteiger partial charge in [0.1, 0.15) is 0 Å². The molecule has 0 spiro atoms. The predicted octanol–water partition coefficient (Wildman–Crippen LogP) is 4.52. The van der Waals surface area contributed by atoms with E-state index in [2.05, 4.69) is 40.6 Å². The Morgan fingerprint density at radius 2 is 1.77 bits per heavy atom. The Kier molecular flexibility index (Phi) is 5.05. The van der Waals surface area contributed by atoms with Crippen LogP contribution in [0.25, 0.3) is 10.8 Å². The highest BCUT2D eigenvalue weighted by Gasteiger charge is 2.20. The minimum Gasteiger partial charge on any atom is -0.355 e. The normalized spacial score (nSPS) is 12.3. The number of benzene rings is 2. The highest BCUT2D eigenvalue weighted by molar-refractivity contribution is 6.04. The molecule has 0 radical (unpaired) electrons. The first kappa shape index (κ1) is 18.1. The molecular formula is C22H24N2O2. The van der Waals surface area contributed by atoms with Crippen molar-refractivity contribution in [1.82, 2.24) is 10.3 Å². The summed E-state index contributed by atoms with van der Waals surface area (Å²) in [5.74, 6) is -0.0569. The van der Waals surface area contributed by atoms with Gasteiger partial charge in [0, 0.05) is 17.3 Å². The smallest absolute Gasteiger partial charge is 0.193 e. The van der Waals surface area contributed by atoms with Gasteiger partial charge in [0.05, 0.1) is 12.2 Å². The highest BCUT2D eigenvalue weighted by Crippen LogP contribution is 2.21. The molecule has 2 N–H and O–H groups in total. The Balaban J connectivity index is 1.72. The summed E-state index contributed by atoms with van der Waals surface area (Å²) in [6, 6.07) is 14.6. The van der Waals surface area contributed by atoms with Gasteiger partial charge in [-0.15, -0.1) is 0 Å². The molecule has 0 aliphatic rings. The molecule has 2 aromatic carbocycles. The first-order valence-electron chi connectivity index (χ1n) is 8.84. The lowest BCUT2D eigenvalue weighted by molar-refractivity contribution is 0.0982. The van der Waals surface area contributed by atoms with Crippen LogP contribution in [-0.2, 0) is 0 Å². The van der Waals surface area contributed by atoms with Gasteiger partial charge < -0.3 is 10.3 Å². The average molecular weight is 348 g/mol. The number of nitrogens with one attached hydrogen (secondary N) is 2. The van der Waals surface area contributed by atoms with Crippen LogP contribution in [0.2, 0.25) is 0 Å². The third kappa shape index (κ3) is 3.46. The molecule has 0 saturated heterocycles. The summed E-state index contributed by atoms with van der Waals surface area (Å²) in [6.45, 7) is 7.43. The first-order chi connectivity index (χ1) is 12.4. The van der Waals surface area contributed by atoms with Gasteiger partial charge in [-0.2, -0.15) is 0 Å². The quantitative estimate of drug-likeness (QED) is 0.644. The fraction of sp³-hybridized carbons (Fsp3) is 0.273. The Bertz CT molecular complexity index is 985. The topological polar surface area (TPSA) is 62.0 Å². The van der Waals surface area contributed by atoms with E-state index >= 15 is 0 Å². The number of Topliss-reactive ketones (excluding diaryl/α,β-unsaturated/α-hetero) is 2. The molecule has 0 amide bonds. The van der Waals surface area contributed by atoms with Gasteiger partial charge >= 0.3 is 0 Å². The van der Waals surface area contributed by atoms with Gasteiger partial charge in [0.15, 0.2) is 11.6 Å². The van der Waals surface area contributed by atoms with Crippen molar-refractivity contribution in [3.63, 3.8) is 0 Å². The fourth-order valence-corrected chi connectivity index (χ4v) is 3.49. The van der Waals surface area contributed by atoms with Crippen LogP contribution in [-0.4, -0.2) is 23.1 Å². The van der Waals surface area contributed by atoms with E-state index in [1.165, 1.54) is 17.7 Å². The molecule has 0 fully saturated rings. The lowest BCUT2D eigenvalue weighted by atomic mass is 10.0. The molecule has 1 aromatic heterocycles. The number of carbonyl (C=O) groups excluding carboxylic acids is 2. The van der Waals surface area contributed by atoms with E-state index in [0.29, 0.717) is 11.3 Å². The van der Waals surface area contributed by atoms with Crippen molar-refractivity contribution in [3.8, 4) is 0 Å². The van der Waals surface area contributed by atoms with E-state index in [-0.39, 0.29) is 24.2 Å². The van der Waals surface area contributed by atoms with Crippen molar-refractivity contribution in [3.05, 3.63) is 70.5 Å².